The molecule has 1 N–H and O–H groups in total. The van der Waals surface area contributed by atoms with E-state index in [9.17, 15) is 22.7 Å². The van der Waals surface area contributed by atoms with Gasteiger partial charge in [-0.1, -0.05) is 22.0 Å². The van der Waals surface area contributed by atoms with Gasteiger partial charge in [-0.3, -0.25) is 0 Å². The average molecular weight is 349 g/mol. The van der Waals surface area contributed by atoms with Crippen molar-refractivity contribution >= 4 is 15.9 Å². The van der Waals surface area contributed by atoms with Crippen LogP contribution in [0.1, 0.15) is 17.2 Å². The van der Waals surface area contributed by atoms with Gasteiger partial charge in [0.2, 0.25) is 0 Å². The summed E-state index contributed by atoms with van der Waals surface area (Å²) < 4.78 is 52.7. The van der Waals surface area contributed by atoms with Gasteiger partial charge in [-0.2, -0.15) is 0 Å². The minimum atomic E-state index is -1.37. The summed E-state index contributed by atoms with van der Waals surface area (Å²) in [4.78, 5) is 0. The van der Waals surface area contributed by atoms with Gasteiger partial charge in [-0.05, 0) is 23.8 Å². The van der Waals surface area contributed by atoms with Gasteiger partial charge in [0.25, 0.3) is 0 Å². The van der Waals surface area contributed by atoms with Crippen LogP contribution in [0.5, 0.6) is 0 Å². The van der Waals surface area contributed by atoms with E-state index in [1.165, 1.54) is 18.2 Å². The normalized spacial score (nSPS) is 12.5. The van der Waals surface area contributed by atoms with Gasteiger partial charge in [0, 0.05) is 22.5 Å². The van der Waals surface area contributed by atoms with Crippen LogP contribution in [-0.2, 0) is 6.42 Å². The summed E-state index contributed by atoms with van der Waals surface area (Å²) in [6, 6.07) is 4.80. The van der Waals surface area contributed by atoms with Crippen LogP contribution >= 0.6 is 15.9 Å². The fourth-order valence-corrected chi connectivity index (χ4v) is 2.31. The molecule has 1 unspecified atom stereocenters. The van der Waals surface area contributed by atoms with Crippen LogP contribution in [0, 0.1) is 23.3 Å². The van der Waals surface area contributed by atoms with E-state index >= 15 is 0 Å². The van der Waals surface area contributed by atoms with Crippen molar-refractivity contribution in [3.05, 3.63) is 69.2 Å². The zero-order chi connectivity index (χ0) is 14.9. The highest BCUT2D eigenvalue weighted by molar-refractivity contribution is 9.10. The molecule has 0 spiro atoms. The Morgan fingerprint density at radius 3 is 2.25 bits per heavy atom. The van der Waals surface area contributed by atoms with Crippen molar-refractivity contribution in [3.63, 3.8) is 0 Å². The highest BCUT2D eigenvalue weighted by atomic mass is 79.9. The monoisotopic (exact) mass is 348 g/mol. The summed E-state index contributed by atoms with van der Waals surface area (Å²) in [6.45, 7) is 0. The molecular formula is C14H9BrF4O. The molecule has 0 heterocycles. The van der Waals surface area contributed by atoms with Crippen molar-refractivity contribution in [2.24, 2.45) is 0 Å². The van der Waals surface area contributed by atoms with E-state index < -0.39 is 29.4 Å². The number of rotatable bonds is 3. The molecule has 2 aromatic rings. The van der Waals surface area contributed by atoms with E-state index in [0.29, 0.717) is 22.2 Å². The van der Waals surface area contributed by atoms with E-state index in [1.54, 1.807) is 0 Å². The third-order valence-electron chi connectivity index (χ3n) is 2.83. The standard InChI is InChI=1S/C14H9BrF4O/c15-10-4-8(16)2-1-7(10)3-14(20)9-5-12(18)13(19)6-11(9)17/h1-2,4-6,14,20H,3H2. The minimum absolute atomic E-state index is 0.0666. The Labute approximate surface area is 121 Å². The Balaban J connectivity index is 2.28. The number of hydrogen-bond donors (Lipinski definition) is 1. The molecule has 106 valence electrons. The minimum Gasteiger partial charge on any atom is -0.388 e. The number of halogens is 5. The third-order valence-corrected chi connectivity index (χ3v) is 3.57. The molecule has 0 aliphatic heterocycles. The van der Waals surface area contributed by atoms with Gasteiger partial charge in [-0.25, -0.2) is 17.6 Å². The molecule has 1 atom stereocenters. The molecule has 0 radical (unpaired) electrons. The van der Waals surface area contributed by atoms with Crippen molar-refractivity contribution in [2.75, 3.05) is 0 Å². The molecule has 0 amide bonds. The van der Waals surface area contributed by atoms with E-state index in [1.807, 2.05) is 0 Å². The molecule has 0 fully saturated rings. The summed E-state index contributed by atoms with van der Waals surface area (Å²) in [7, 11) is 0. The van der Waals surface area contributed by atoms with Crippen LogP contribution in [0.25, 0.3) is 0 Å². The number of aliphatic hydroxyl groups is 1. The van der Waals surface area contributed by atoms with Gasteiger partial charge in [0.15, 0.2) is 11.6 Å². The lowest BCUT2D eigenvalue weighted by molar-refractivity contribution is 0.172. The quantitative estimate of drug-likeness (QED) is 0.648. The van der Waals surface area contributed by atoms with Crippen molar-refractivity contribution in [3.8, 4) is 0 Å². The second-order valence-corrected chi connectivity index (χ2v) is 5.10. The Kier molecular flexibility index (Phi) is 4.45. The van der Waals surface area contributed by atoms with Crippen molar-refractivity contribution < 1.29 is 22.7 Å². The first-order valence-electron chi connectivity index (χ1n) is 5.65. The van der Waals surface area contributed by atoms with Crippen LogP contribution in [0.2, 0.25) is 0 Å². The zero-order valence-corrected chi connectivity index (χ0v) is 11.6. The van der Waals surface area contributed by atoms with Gasteiger partial charge in [0.05, 0.1) is 6.10 Å². The predicted octanol–water partition coefficient (Wildman–Crippen LogP) is 4.28. The maximum atomic E-state index is 13.5. The molecule has 20 heavy (non-hydrogen) atoms. The van der Waals surface area contributed by atoms with Gasteiger partial charge < -0.3 is 5.11 Å². The number of benzene rings is 2. The Morgan fingerprint density at radius 2 is 1.60 bits per heavy atom. The highest BCUT2D eigenvalue weighted by Gasteiger charge is 2.18. The molecule has 2 aromatic carbocycles. The topological polar surface area (TPSA) is 20.2 Å². The lowest BCUT2D eigenvalue weighted by atomic mass is 10.0. The average Bonchev–Trinajstić information content (AvgIpc) is 2.37. The number of hydrogen-bond acceptors (Lipinski definition) is 1. The molecule has 0 bridgehead atoms. The van der Waals surface area contributed by atoms with Crippen LogP contribution < -0.4 is 0 Å². The summed E-state index contributed by atoms with van der Waals surface area (Å²) in [5.74, 6) is -4.05. The summed E-state index contributed by atoms with van der Waals surface area (Å²) in [5.41, 5.74) is 0.170. The van der Waals surface area contributed by atoms with Gasteiger partial charge >= 0.3 is 0 Å². The van der Waals surface area contributed by atoms with E-state index in [-0.39, 0.29) is 12.0 Å². The molecule has 0 aliphatic rings. The molecule has 0 saturated carbocycles. The Hall–Kier alpha value is -1.40. The maximum Gasteiger partial charge on any atom is 0.161 e. The van der Waals surface area contributed by atoms with E-state index in [4.69, 9.17) is 0 Å². The first-order chi connectivity index (χ1) is 9.38. The second-order valence-electron chi connectivity index (χ2n) is 4.24. The lowest BCUT2D eigenvalue weighted by Gasteiger charge is -2.13. The SMILES string of the molecule is OC(Cc1ccc(F)cc1Br)c1cc(F)c(F)cc1F. The Bertz CT molecular complexity index is 645. The lowest BCUT2D eigenvalue weighted by Crippen LogP contribution is -2.06. The van der Waals surface area contributed by atoms with Crippen LogP contribution in [0.4, 0.5) is 17.6 Å². The molecule has 0 aliphatic carbocycles. The van der Waals surface area contributed by atoms with Gasteiger partial charge in [0.1, 0.15) is 11.6 Å². The number of aliphatic hydroxyl groups excluding tert-OH is 1. The van der Waals surface area contributed by atoms with E-state index in [0.717, 1.165) is 0 Å². The van der Waals surface area contributed by atoms with Crippen LogP contribution in [0.15, 0.2) is 34.8 Å². The molecule has 6 heteroatoms. The summed E-state index contributed by atoms with van der Waals surface area (Å²) in [5, 5.41) is 9.92. The van der Waals surface area contributed by atoms with Gasteiger partial charge in [-0.15, -0.1) is 0 Å². The Morgan fingerprint density at radius 1 is 0.950 bits per heavy atom. The largest absolute Gasteiger partial charge is 0.388 e. The molecule has 2 rings (SSSR count). The third kappa shape index (κ3) is 3.19. The molecule has 0 saturated heterocycles. The molecule has 1 nitrogen and oxygen atoms in total. The van der Waals surface area contributed by atoms with Crippen LogP contribution in [-0.4, -0.2) is 5.11 Å². The van der Waals surface area contributed by atoms with Crippen molar-refractivity contribution in [1.29, 1.82) is 0 Å². The van der Waals surface area contributed by atoms with Crippen LogP contribution in [0.3, 0.4) is 0 Å². The zero-order valence-electron chi connectivity index (χ0n) is 10.0. The second kappa shape index (κ2) is 5.93. The molecular weight excluding hydrogens is 340 g/mol. The smallest absolute Gasteiger partial charge is 0.161 e. The summed E-state index contributed by atoms with van der Waals surface area (Å²) in [6.07, 6.45) is -1.44. The van der Waals surface area contributed by atoms with Crippen molar-refractivity contribution in [1.82, 2.24) is 0 Å². The fraction of sp³-hybridized carbons (Fsp3) is 0.143. The predicted molar refractivity (Wildman–Crippen MR) is 69.1 cm³/mol. The van der Waals surface area contributed by atoms with E-state index in [2.05, 4.69) is 15.9 Å². The first kappa shape index (κ1) is 15.0. The fourth-order valence-electron chi connectivity index (χ4n) is 1.80. The maximum absolute atomic E-state index is 13.5. The first-order valence-corrected chi connectivity index (χ1v) is 6.44. The van der Waals surface area contributed by atoms with Crippen molar-refractivity contribution in [2.45, 2.75) is 12.5 Å². The summed E-state index contributed by atoms with van der Waals surface area (Å²) >= 11 is 3.11. The highest BCUT2D eigenvalue weighted by Crippen LogP contribution is 2.27. The molecule has 0 aromatic heterocycles.